The van der Waals surface area contributed by atoms with Crippen molar-refractivity contribution in [3.05, 3.63) is 70.7 Å². The Morgan fingerprint density at radius 2 is 1.94 bits per heavy atom. The van der Waals surface area contributed by atoms with Crippen molar-refractivity contribution in [2.45, 2.75) is 45.1 Å². The molecule has 0 radical (unpaired) electrons. The highest BCUT2D eigenvalue weighted by Crippen LogP contribution is 2.41. The Morgan fingerprint density at radius 3 is 2.72 bits per heavy atom. The monoisotopic (exact) mass is 431 g/mol. The Labute approximate surface area is 186 Å². The Kier molecular flexibility index (Phi) is 5.08. The number of H-pyrrole nitrogens is 1. The number of primary amides is 1. The summed E-state index contributed by atoms with van der Waals surface area (Å²) in [6, 6.07) is 7.12. The van der Waals surface area contributed by atoms with E-state index >= 15 is 4.39 Å². The van der Waals surface area contributed by atoms with Gasteiger partial charge in [0.25, 0.3) is 5.91 Å². The van der Waals surface area contributed by atoms with Gasteiger partial charge >= 0.3 is 0 Å². The molecule has 6 heteroatoms. The standard InChI is InChI=1S/C26H26FN3O2/c1-2-22(31)30-12-11-16-15(14-30)7-6-9-17(16)23-20(27)13-19(26(28)32)25-24(23)18-8-4-3-5-10-21(18)29-25/h2,6-7,9,13,29H,1,3-5,8,10-12,14H2,(H2,28,32). The quantitative estimate of drug-likeness (QED) is 0.476. The van der Waals surface area contributed by atoms with Gasteiger partial charge in [-0.25, -0.2) is 4.39 Å². The lowest BCUT2D eigenvalue weighted by molar-refractivity contribution is -0.126. The summed E-state index contributed by atoms with van der Waals surface area (Å²) in [5.74, 6) is -1.17. The van der Waals surface area contributed by atoms with E-state index in [1.807, 2.05) is 18.2 Å². The van der Waals surface area contributed by atoms with Crippen LogP contribution >= 0.6 is 0 Å². The van der Waals surface area contributed by atoms with Crippen LogP contribution in [0.3, 0.4) is 0 Å². The van der Waals surface area contributed by atoms with E-state index in [1.165, 1.54) is 12.1 Å². The second-order valence-corrected chi connectivity index (χ2v) is 8.70. The minimum absolute atomic E-state index is 0.101. The number of aromatic nitrogens is 1. The number of rotatable bonds is 3. The number of carbonyl (C=O) groups excluding carboxylic acids is 2. The molecule has 0 spiro atoms. The summed E-state index contributed by atoms with van der Waals surface area (Å²) in [6.07, 6.45) is 6.93. The molecule has 0 saturated heterocycles. The summed E-state index contributed by atoms with van der Waals surface area (Å²) in [5.41, 5.74) is 12.1. The zero-order chi connectivity index (χ0) is 22.4. The topological polar surface area (TPSA) is 79.2 Å². The van der Waals surface area contributed by atoms with Gasteiger partial charge in [0, 0.05) is 29.7 Å². The SMILES string of the molecule is C=CC(=O)N1CCc2c(cccc2-c2c(F)cc(C(N)=O)c3[nH]c4c(c23)CCCCC4)C1. The van der Waals surface area contributed by atoms with Gasteiger partial charge in [-0.05, 0) is 66.5 Å². The molecule has 3 N–H and O–H groups in total. The fraction of sp³-hybridized carbons (Fsp3) is 0.308. The molecule has 5 rings (SSSR count). The van der Waals surface area contributed by atoms with Crippen LogP contribution in [0.1, 0.15) is 52.0 Å². The Morgan fingerprint density at radius 1 is 1.12 bits per heavy atom. The lowest BCUT2D eigenvalue weighted by Crippen LogP contribution is -2.34. The second-order valence-electron chi connectivity index (χ2n) is 8.70. The van der Waals surface area contributed by atoms with E-state index in [0.717, 1.165) is 65.4 Å². The highest BCUT2D eigenvalue weighted by Gasteiger charge is 2.28. The maximum atomic E-state index is 15.7. The summed E-state index contributed by atoms with van der Waals surface area (Å²) in [5, 5.41) is 0.786. The third-order valence-electron chi connectivity index (χ3n) is 6.86. The lowest BCUT2D eigenvalue weighted by atomic mass is 9.87. The summed E-state index contributed by atoms with van der Waals surface area (Å²) in [7, 11) is 0. The molecule has 2 aromatic carbocycles. The van der Waals surface area contributed by atoms with Crippen molar-refractivity contribution in [1.29, 1.82) is 0 Å². The van der Waals surface area contributed by atoms with Crippen LogP contribution in [0.5, 0.6) is 0 Å². The predicted molar refractivity (Wildman–Crippen MR) is 123 cm³/mol. The third-order valence-corrected chi connectivity index (χ3v) is 6.86. The van der Waals surface area contributed by atoms with Crippen LogP contribution in [-0.4, -0.2) is 28.2 Å². The van der Waals surface area contributed by atoms with Crippen LogP contribution in [0, 0.1) is 5.82 Å². The van der Waals surface area contributed by atoms with Crippen molar-refractivity contribution < 1.29 is 14.0 Å². The van der Waals surface area contributed by atoms with Crippen molar-refractivity contribution in [3.63, 3.8) is 0 Å². The number of aryl methyl sites for hydroxylation is 2. The van der Waals surface area contributed by atoms with E-state index < -0.39 is 11.7 Å². The van der Waals surface area contributed by atoms with E-state index in [4.69, 9.17) is 5.73 Å². The second kappa shape index (κ2) is 7.93. The maximum absolute atomic E-state index is 15.7. The molecule has 0 atom stereocenters. The Balaban J connectivity index is 1.76. The molecule has 0 bridgehead atoms. The summed E-state index contributed by atoms with van der Waals surface area (Å²) in [4.78, 5) is 29.4. The lowest BCUT2D eigenvalue weighted by Gasteiger charge is -2.29. The third kappa shape index (κ3) is 3.22. The largest absolute Gasteiger partial charge is 0.366 e. The minimum Gasteiger partial charge on any atom is -0.366 e. The first-order chi connectivity index (χ1) is 15.5. The molecule has 2 amide bonds. The summed E-state index contributed by atoms with van der Waals surface area (Å²) >= 11 is 0. The first-order valence-electron chi connectivity index (χ1n) is 11.2. The van der Waals surface area contributed by atoms with Crippen molar-refractivity contribution >= 4 is 22.7 Å². The van der Waals surface area contributed by atoms with E-state index in [-0.39, 0.29) is 11.5 Å². The fourth-order valence-electron chi connectivity index (χ4n) is 5.35. The highest BCUT2D eigenvalue weighted by molar-refractivity contribution is 6.11. The summed E-state index contributed by atoms with van der Waals surface area (Å²) < 4.78 is 15.7. The van der Waals surface area contributed by atoms with E-state index in [0.29, 0.717) is 30.6 Å². The average molecular weight is 432 g/mol. The van der Waals surface area contributed by atoms with E-state index in [2.05, 4.69) is 11.6 Å². The molecule has 1 aliphatic carbocycles. The number of nitrogens with zero attached hydrogens (tertiary/aromatic N) is 1. The van der Waals surface area contributed by atoms with Crippen molar-refractivity contribution in [3.8, 4) is 11.1 Å². The molecular weight excluding hydrogens is 405 g/mol. The number of aromatic amines is 1. The number of nitrogens with two attached hydrogens (primary N) is 1. The van der Waals surface area contributed by atoms with Gasteiger partial charge in [0.1, 0.15) is 5.82 Å². The van der Waals surface area contributed by atoms with Gasteiger partial charge in [0.05, 0.1) is 11.1 Å². The highest BCUT2D eigenvalue weighted by atomic mass is 19.1. The molecule has 164 valence electrons. The Bertz CT molecular complexity index is 1270. The molecule has 2 heterocycles. The first kappa shape index (κ1) is 20.5. The van der Waals surface area contributed by atoms with Gasteiger partial charge in [0.15, 0.2) is 0 Å². The van der Waals surface area contributed by atoms with E-state index in [9.17, 15) is 9.59 Å². The Hall–Kier alpha value is -3.41. The van der Waals surface area contributed by atoms with Crippen molar-refractivity contribution in [2.75, 3.05) is 6.54 Å². The van der Waals surface area contributed by atoms with Crippen LogP contribution in [0.25, 0.3) is 22.0 Å². The number of fused-ring (bicyclic) bond motifs is 4. The molecule has 1 aromatic heterocycles. The van der Waals surface area contributed by atoms with Gasteiger partial charge in [-0.2, -0.15) is 0 Å². The smallest absolute Gasteiger partial charge is 0.250 e. The van der Waals surface area contributed by atoms with E-state index in [1.54, 1.807) is 4.90 Å². The molecule has 0 saturated carbocycles. The molecular formula is C26H26FN3O2. The maximum Gasteiger partial charge on any atom is 0.250 e. The number of nitrogens with one attached hydrogen (secondary N) is 1. The molecule has 5 nitrogen and oxygen atoms in total. The number of hydrogen-bond acceptors (Lipinski definition) is 2. The minimum atomic E-state index is -0.634. The van der Waals surface area contributed by atoms with Gasteiger partial charge < -0.3 is 15.6 Å². The molecule has 3 aromatic rings. The zero-order valence-electron chi connectivity index (χ0n) is 18.0. The van der Waals surface area contributed by atoms with Gasteiger partial charge in [0.2, 0.25) is 5.91 Å². The number of amides is 2. The van der Waals surface area contributed by atoms with Crippen LogP contribution in [0.4, 0.5) is 4.39 Å². The predicted octanol–water partition coefficient (Wildman–Crippen LogP) is 4.41. The number of halogens is 1. The summed E-state index contributed by atoms with van der Waals surface area (Å²) in [6.45, 7) is 4.62. The van der Waals surface area contributed by atoms with Gasteiger partial charge in [-0.3, -0.25) is 9.59 Å². The molecule has 0 fully saturated rings. The molecule has 32 heavy (non-hydrogen) atoms. The molecule has 1 aliphatic heterocycles. The zero-order valence-corrected chi connectivity index (χ0v) is 18.0. The van der Waals surface area contributed by atoms with Crippen LogP contribution in [0.2, 0.25) is 0 Å². The van der Waals surface area contributed by atoms with Gasteiger partial charge in [-0.1, -0.05) is 31.2 Å². The fourth-order valence-corrected chi connectivity index (χ4v) is 5.35. The van der Waals surface area contributed by atoms with Crippen molar-refractivity contribution in [2.24, 2.45) is 5.73 Å². The number of carbonyl (C=O) groups is 2. The number of benzene rings is 2. The normalized spacial score (nSPS) is 15.7. The average Bonchev–Trinajstić information content (AvgIpc) is 2.98. The molecule has 2 aliphatic rings. The van der Waals surface area contributed by atoms with Crippen LogP contribution in [0.15, 0.2) is 36.9 Å². The first-order valence-corrected chi connectivity index (χ1v) is 11.2. The van der Waals surface area contributed by atoms with Crippen molar-refractivity contribution in [1.82, 2.24) is 9.88 Å². The number of hydrogen-bond donors (Lipinski definition) is 2. The van der Waals surface area contributed by atoms with Gasteiger partial charge in [-0.15, -0.1) is 0 Å². The molecule has 0 unspecified atom stereocenters. The van der Waals surface area contributed by atoms with Crippen LogP contribution < -0.4 is 5.73 Å². The van der Waals surface area contributed by atoms with Crippen LogP contribution in [-0.2, 0) is 30.6 Å².